The zero-order chi connectivity index (χ0) is 27.1. The summed E-state index contributed by atoms with van der Waals surface area (Å²) in [6.07, 6.45) is 1.62. The molecule has 0 saturated carbocycles. The minimum atomic E-state index is -1.92. The molecule has 2 bridgehead atoms. The molecule has 2 N–H and O–H groups in total. The van der Waals surface area contributed by atoms with Gasteiger partial charge in [0.1, 0.15) is 11.2 Å². The Balaban J connectivity index is 1.54. The molecule has 1 aliphatic heterocycles. The number of likely N-dealkylation sites (N-methyl/N-ethyl adjacent to an activating group) is 1. The van der Waals surface area contributed by atoms with Gasteiger partial charge >= 0.3 is 0 Å². The van der Waals surface area contributed by atoms with E-state index in [-0.39, 0.29) is 5.91 Å². The Hall–Kier alpha value is -3.19. The molecule has 1 fully saturated rings. The van der Waals surface area contributed by atoms with E-state index in [1.54, 1.807) is 26.1 Å². The molecule has 2 aliphatic rings. The molecule has 3 aromatic carbocycles. The van der Waals surface area contributed by atoms with Gasteiger partial charge in [-0.3, -0.25) is 9.69 Å². The lowest BCUT2D eigenvalue weighted by molar-refractivity contribution is -0.273. The smallest absolute Gasteiger partial charge is 0.237 e. The minimum absolute atomic E-state index is 0.0112. The van der Waals surface area contributed by atoms with Crippen molar-refractivity contribution in [3.05, 3.63) is 101 Å². The minimum Gasteiger partial charge on any atom is -0.497 e. The van der Waals surface area contributed by atoms with Crippen molar-refractivity contribution in [1.29, 1.82) is 0 Å². The molecule has 0 spiro atoms. The van der Waals surface area contributed by atoms with Crippen molar-refractivity contribution < 1.29 is 19.7 Å². The van der Waals surface area contributed by atoms with E-state index < -0.39 is 22.7 Å². The molecular weight excluding hydrogens is 476 g/mol. The van der Waals surface area contributed by atoms with Gasteiger partial charge in [0.15, 0.2) is 5.79 Å². The average molecular weight is 515 g/mol. The summed E-state index contributed by atoms with van der Waals surface area (Å²) in [6, 6.07) is 25.4. The maximum absolute atomic E-state index is 14.1. The summed E-state index contributed by atoms with van der Waals surface area (Å²) < 4.78 is 5.44. The monoisotopic (exact) mass is 514 g/mol. The van der Waals surface area contributed by atoms with Gasteiger partial charge in [0.25, 0.3) is 0 Å². The first-order chi connectivity index (χ1) is 18.1. The number of hydrogen-bond acceptors (Lipinski definition) is 5. The highest BCUT2D eigenvalue weighted by Crippen LogP contribution is 2.51. The molecule has 1 heterocycles. The number of carbonyl (C=O) groups is 1. The first-order valence-electron chi connectivity index (χ1n) is 13.3. The van der Waals surface area contributed by atoms with Crippen LogP contribution in [0.1, 0.15) is 42.0 Å². The second kappa shape index (κ2) is 9.84. The number of rotatable bonds is 7. The fourth-order valence-corrected chi connectivity index (χ4v) is 6.73. The van der Waals surface area contributed by atoms with Crippen molar-refractivity contribution in [3.8, 4) is 5.75 Å². The van der Waals surface area contributed by atoms with Crippen molar-refractivity contribution in [1.82, 2.24) is 9.80 Å². The first-order valence-corrected chi connectivity index (χ1v) is 13.3. The number of ether oxygens (including phenoxy) is 1. The Morgan fingerprint density at radius 3 is 2.18 bits per heavy atom. The van der Waals surface area contributed by atoms with Gasteiger partial charge in [-0.05, 0) is 60.2 Å². The predicted molar refractivity (Wildman–Crippen MR) is 148 cm³/mol. The molecule has 0 radical (unpaired) electrons. The molecule has 2 unspecified atom stereocenters. The van der Waals surface area contributed by atoms with Crippen molar-refractivity contribution in [2.75, 3.05) is 34.3 Å². The summed E-state index contributed by atoms with van der Waals surface area (Å²) in [7, 11) is 5.23. The van der Waals surface area contributed by atoms with E-state index in [9.17, 15) is 15.0 Å². The van der Waals surface area contributed by atoms with Gasteiger partial charge in [0.05, 0.1) is 13.2 Å². The molecule has 0 aromatic heterocycles. The molecule has 2 atom stereocenters. The molecular formula is C32H38N2O4. The molecule has 38 heavy (non-hydrogen) atoms. The van der Waals surface area contributed by atoms with E-state index in [0.717, 1.165) is 28.0 Å². The van der Waals surface area contributed by atoms with Crippen LogP contribution in [0.5, 0.6) is 5.75 Å². The van der Waals surface area contributed by atoms with Crippen LogP contribution in [0.2, 0.25) is 0 Å². The zero-order valence-electron chi connectivity index (χ0n) is 22.7. The quantitative estimate of drug-likeness (QED) is 0.470. The summed E-state index contributed by atoms with van der Waals surface area (Å²) in [5, 5.41) is 23.3. The van der Waals surface area contributed by atoms with Crippen molar-refractivity contribution in [2.24, 2.45) is 0 Å². The Morgan fingerprint density at radius 2 is 1.63 bits per heavy atom. The van der Waals surface area contributed by atoms with Crippen molar-refractivity contribution in [3.63, 3.8) is 0 Å². The SMILES string of the molecule is COc1ccc2c(c1)C1(C)CCN(CCC(C(=O)N(C)C)(c3ccccc3)c3ccccc3)C(C2)C1(O)O. The molecule has 1 aliphatic carbocycles. The topological polar surface area (TPSA) is 73.2 Å². The van der Waals surface area contributed by atoms with Crippen LogP contribution in [-0.4, -0.2) is 72.0 Å². The second-order valence-corrected chi connectivity index (χ2v) is 11.2. The summed E-state index contributed by atoms with van der Waals surface area (Å²) in [6.45, 7) is 3.19. The normalized spacial score (nSPS) is 22.4. The van der Waals surface area contributed by atoms with Gasteiger partial charge in [0.2, 0.25) is 5.91 Å². The van der Waals surface area contributed by atoms with Crippen LogP contribution in [0.15, 0.2) is 78.9 Å². The molecule has 6 heteroatoms. The Bertz CT molecular complexity index is 1250. The Kier molecular flexibility index (Phi) is 6.84. The predicted octanol–water partition coefficient (Wildman–Crippen LogP) is 3.73. The van der Waals surface area contributed by atoms with E-state index >= 15 is 0 Å². The van der Waals surface area contributed by atoms with E-state index in [1.165, 1.54) is 0 Å². The van der Waals surface area contributed by atoms with E-state index in [2.05, 4.69) is 4.90 Å². The van der Waals surface area contributed by atoms with Crippen LogP contribution in [0.3, 0.4) is 0 Å². The molecule has 5 rings (SSSR count). The van der Waals surface area contributed by atoms with Crippen molar-refractivity contribution >= 4 is 5.91 Å². The summed E-state index contributed by atoms with van der Waals surface area (Å²) in [4.78, 5) is 17.9. The largest absolute Gasteiger partial charge is 0.497 e. The standard InChI is InChI=1S/C32H38N2O4/c1-30-17-19-34(28(32(30,36)37)21-23-15-16-26(38-4)22-27(23)30)20-18-31(29(35)33(2)3,24-11-7-5-8-12-24)25-13-9-6-10-14-25/h5-16,22,28,36-37H,17-21H2,1-4H3. The third-order valence-corrected chi connectivity index (χ3v) is 9.02. The van der Waals surface area contributed by atoms with Crippen LogP contribution < -0.4 is 4.74 Å². The number of benzene rings is 3. The third-order valence-electron chi connectivity index (χ3n) is 9.02. The summed E-state index contributed by atoms with van der Waals surface area (Å²) in [5.74, 6) is -1.19. The van der Waals surface area contributed by atoms with Crippen LogP contribution in [0.4, 0.5) is 0 Å². The van der Waals surface area contributed by atoms with E-state index in [1.807, 2.05) is 85.8 Å². The number of likely N-dealkylation sites (tertiary alicyclic amines) is 1. The number of carbonyl (C=O) groups excluding carboxylic acids is 1. The number of nitrogens with zero attached hydrogens (tertiary/aromatic N) is 2. The van der Waals surface area contributed by atoms with Gasteiger partial charge in [-0.25, -0.2) is 0 Å². The molecule has 6 nitrogen and oxygen atoms in total. The number of methoxy groups -OCH3 is 1. The highest BCUT2D eigenvalue weighted by atomic mass is 16.5. The van der Waals surface area contributed by atoms with Gasteiger partial charge in [-0.1, -0.05) is 73.7 Å². The molecule has 3 aromatic rings. The summed E-state index contributed by atoms with van der Waals surface area (Å²) >= 11 is 0. The maximum atomic E-state index is 14.1. The maximum Gasteiger partial charge on any atom is 0.237 e. The lowest BCUT2D eigenvalue weighted by Gasteiger charge is -2.58. The van der Waals surface area contributed by atoms with Gasteiger partial charge in [-0.15, -0.1) is 0 Å². The second-order valence-electron chi connectivity index (χ2n) is 11.2. The van der Waals surface area contributed by atoms with E-state index in [0.29, 0.717) is 32.4 Å². The molecule has 200 valence electrons. The van der Waals surface area contributed by atoms with Crippen LogP contribution in [0.25, 0.3) is 0 Å². The molecule has 1 amide bonds. The lowest BCUT2D eigenvalue weighted by Crippen LogP contribution is -2.71. The van der Waals surface area contributed by atoms with Crippen LogP contribution in [0, 0.1) is 0 Å². The Morgan fingerprint density at radius 1 is 1.03 bits per heavy atom. The van der Waals surface area contributed by atoms with Gasteiger partial charge in [0, 0.05) is 26.1 Å². The highest BCUT2D eigenvalue weighted by molar-refractivity contribution is 5.92. The first kappa shape index (κ1) is 26.4. The number of fused-ring (bicyclic) bond motifs is 4. The third kappa shape index (κ3) is 4.03. The Labute approximate surface area is 225 Å². The molecule has 1 saturated heterocycles. The van der Waals surface area contributed by atoms with Gasteiger partial charge in [-0.2, -0.15) is 0 Å². The van der Waals surface area contributed by atoms with E-state index in [4.69, 9.17) is 4.74 Å². The van der Waals surface area contributed by atoms with Crippen LogP contribution in [-0.2, 0) is 22.0 Å². The lowest BCUT2D eigenvalue weighted by atomic mass is 9.60. The number of amides is 1. The van der Waals surface area contributed by atoms with Crippen molar-refractivity contribution in [2.45, 2.75) is 48.8 Å². The average Bonchev–Trinajstić information content (AvgIpc) is 2.93. The van der Waals surface area contributed by atoms with Crippen LogP contribution >= 0.6 is 0 Å². The van der Waals surface area contributed by atoms with Gasteiger partial charge < -0.3 is 19.8 Å². The number of piperidine rings is 1. The fourth-order valence-electron chi connectivity index (χ4n) is 6.73. The number of aliphatic hydroxyl groups is 2. The zero-order valence-corrected chi connectivity index (χ0v) is 22.7. The summed E-state index contributed by atoms with van der Waals surface area (Å²) in [5.41, 5.74) is 2.22. The fraction of sp³-hybridized carbons (Fsp3) is 0.406. The number of hydrogen-bond donors (Lipinski definition) is 2. The highest BCUT2D eigenvalue weighted by Gasteiger charge is 2.60.